The molecule has 0 saturated carbocycles. The van der Waals surface area contributed by atoms with Gasteiger partial charge in [0.05, 0.1) is 31.1 Å². The lowest BCUT2D eigenvalue weighted by Gasteiger charge is -2.24. The molecule has 4 aromatic rings. The zero-order valence-corrected chi connectivity index (χ0v) is 27.6. The summed E-state index contributed by atoms with van der Waals surface area (Å²) in [5, 5.41) is 0. The van der Waals surface area contributed by atoms with E-state index in [-0.39, 0.29) is 6.61 Å². The molecule has 9 nitrogen and oxygen atoms in total. The number of hydrogen-bond acceptors (Lipinski definition) is 7. The van der Waals surface area contributed by atoms with Gasteiger partial charge in [-0.15, -0.1) is 0 Å². The van der Waals surface area contributed by atoms with E-state index in [1.807, 2.05) is 57.2 Å². The van der Waals surface area contributed by atoms with Gasteiger partial charge in [-0.3, -0.25) is 4.98 Å². The molecule has 1 amide bonds. The first kappa shape index (κ1) is 32.0. The summed E-state index contributed by atoms with van der Waals surface area (Å²) < 4.78 is 25.8. The fourth-order valence-corrected chi connectivity index (χ4v) is 5.31. The zero-order valence-electron chi connectivity index (χ0n) is 26.6. The number of likely N-dealkylation sites (N-methyl/N-ethyl adjacent to an activating group) is 1. The molecule has 0 unspecified atom stereocenters. The normalized spacial score (nSPS) is 11.9. The van der Waals surface area contributed by atoms with Crippen molar-refractivity contribution in [3.05, 3.63) is 60.9 Å². The van der Waals surface area contributed by atoms with Crippen molar-refractivity contribution in [2.75, 3.05) is 33.9 Å². The molecule has 0 bridgehead atoms. The first-order chi connectivity index (χ1) is 20.4. The Labute approximate surface area is 255 Å². The number of methoxy groups -OCH3 is 1. The summed E-state index contributed by atoms with van der Waals surface area (Å²) in [5.41, 5.74) is 4.88. The van der Waals surface area contributed by atoms with Crippen LogP contribution in [0.25, 0.3) is 33.4 Å². The van der Waals surface area contributed by atoms with Gasteiger partial charge in [0.2, 0.25) is 5.88 Å². The number of carbonyl (C=O) groups is 1. The van der Waals surface area contributed by atoms with E-state index in [0.29, 0.717) is 31.5 Å². The summed E-state index contributed by atoms with van der Waals surface area (Å²) in [4.78, 5) is 23.3. The van der Waals surface area contributed by atoms with Gasteiger partial charge in [0.25, 0.3) is 0 Å². The maximum Gasteiger partial charge on any atom is 0.410 e. The minimum atomic E-state index is -1.27. The molecule has 0 aliphatic rings. The Balaban J connectivity index is 1.77. The largest absolute Gasteiger partial charge is 0.489 e. The van der Waals surface area contributed by atoms with E-state index in [2.05, 4.69) is 41.3 Å². The first-order valence-electron chi connectivity index (χ1n) is 14.6. The van der Waals surface area contributed by atoms with Crippen LogP contribution in [0.2, 0.25) is 25.7 Å². The summed E-state index contributed by atoms with van der Waals surface area (Å²) in [6.45, 7) is 14.2. The number of amides is 1. The molecule has 4 rings (SSSR count). The van der Waals surface area contributed by atoms with E-state index >= 15 is 0 Å². The summed E-state index contributed by atoms with van der Waals surface area (Å²) in [5.74, 6) is 1.12. The van der Waals surface area contributed by atoms with Crippen LogP contribution in [-0.4, -0.2) is 73.1 Å². The molecule has 3 aromatic heterocycles. The third kappa shape index (κ3) is 8.36. The molecule has 1 aromatic carbocycles. The highest BCUT2D eigenvalue weighted by molar-refractivity contribution is 6.76. The van der Waals surface area contributed by atoms with Gasteiger partial charge in [0.1, 0.15) is 30.2 Å². The molecule has 0 fully saturated rings. The van der Waals surface area contributed by atoms with Crippen LogP contribution < -0.4 is 9.47 Å². The van der Waals surface area contributed by atoms with E-state index < -0.39 is 19.8 Å². The van der Waals surface area contributed by atoms with Gasteiger partial charge >= 0.3 is 6.09 Å². The minimum Gasteiger partial charge on any atom is -0.489 e. The van der Waals surface area contributed by atoms with Crippen LogP contribution in [0, 0.1) is 0 Å². The van der Waals surface area contributed by atoms with Crippen LogP contribution in [-0.2, 0) is 16.2 Å². The van der Waals surface area contributed by atoms with E-state index in [1.54, 1.807) is 26.6 Å². The van der Waals surface area contributed by atoms with Gasteiger partial charge in [-0.05, 0) is 44.5 Å². The van der Waals surface area contributed by atoms with Gasteiger partial charge in [-0.2, -0.15) is 0 Å². The second-order valence-electron chi connectivity index (χ2n) is 12.7. The van der Waals surface area contributed by atoms with Crippen molar-refractivity contribution in [1.29, 1.82) is 0 Å². The maximum absolute atomic E-state index is 12.5. The number of fused-ring (bicyclic) bond motifs is 1. The van der Waals surface area contributed by atoms with Crippen LogP contribution in [0.1, 0.15) is 20.8 Å². The Kier molecular flexibility index (Phi) is 10.1. The van der Waals surface area contributed by atoms with Crippen molar-refractivity contribution in [2.24, 2.45) is 0 Å². The predicted molar refractivity (Wildman–Crippen MR) is 173 cm³/mol. The third-order valence-electron chi connectivity index (χ3n) is 6.80. The molecule has 10 heteroatoms. The first-order valence-corrected chi connectivity index (χ1v) is 18.3. The van der Waals surface area contributed by atoms with Gasteiger partial charge in [-0.25, -0.2) is 9.78 Å². The van der Waals surface area contributed by atoms with Crippen LogP contribution in [0.3, 0.4) is 0 Å². The SMILES string of the molecule is COc1ccc2c(n1)c(-c1ccccc1)c(-c1ccncc1OCCN(C)C(=O)OC(C)(C)C)n2COCC[Si](C)(C)C. The molecular formula is C33H44N4O5Si. The number of aromatic nitrogens is 3. The van der Waals surface area contributed by atoms with Gasteiger partial charge < -0.3 is 28.4 Å². The maximum atomic E-state index is 12.5. The highest BCUT2D eigenvalue weighted by Crippen LogP contribution is 2.43. The highest BCUT2D eigenvalue weighted by Gasteiger charge is 2.25. The molecule has 0 aliphatic heterocycles. The minimum absolute atomic E-state index is 0.258. The molecule has 230 valence electrons. The second kappa shape index (κ2) is 13.6. The Morgan fingerprint density at radius 3 is 2.44 bits per heavy atom. The second-order valence-corrected chi connectivity index (χ2v) is 18.3. The average molecular weight is 605 g/mol. The van der Waals surface area contributed by atoms with Crippen LogP contribution >= 0.6 is 0 Å². The molecule has 0 radical (unpaired) electrons. The lowest BCUT2D eigenvalue weighted by Crippen LogP contribution is -2.36. The predicted octanol–water partition coefficient (Wildman–Crippen LogP) is 7.33. The van der Waals surface area contributed by atoms with E-state index in [9.17, 15) is 4.79 Å². The zero-order chi connectivity index (χ0) is 31.2. The quantitative estimate of drug-likeness (QED) is 0.124. The fourth-order valence-electron chi connectivity index (χ4n) is 4.56. The molecule has 0 spiro atoms. The Bertz CT molecular complexity index is 1530. The highest BCUT2D eigenvalue weighted by atomic mass is 28.3. The Morgan fingerprint density at radius 1 is 1.02 bits per heavy atom. The van der Waals surface area contributed by atoms with E-state index in [4.69, 9.17) is 23.9 Å². The van der Waals surface area contributed by atoms with Gasteiger partial charge in [-0.1, -0.05) is 50.0 Å². The lowest BCUT2D eigenvalue weighted by atomic mass is 10.0. The molecule has 0 saturated heterocycles. The van der Waals surface area contributed by atoms with Crippen LogP contribution in [0.5, 0.6) is 11.6 Å². The Hall–Kier alpha value is -3.89. The van der Waals surface area contributed by atoms with Crippen molar-refractivity contribution in [2.45, 2.75) is 58.8 Å². The van der Waals surface area contributed by atoms with Gasteiger partial charge in [0, 0.05) is 45.1 Å². The molecule has 0 atom stereocenters. The molecule has 43 heavy (non-hydrogen) atoms. The number of pyridine rings is 2. The third-order valence-corrected chi connectivity index (χ3v) is 8.50. The smallest absolute Gasteiger partial charge is 0.410 e. The fraction of sp³-hybridized carbons (Fsp3) is 0.424. The van der Waals surface area contributed by atoms with Crippen LogP contribution in [0.15, 0.2) is 60.9 Å². The number of benzene rings is 1. The standard InChI is InChI=1S/C33H44N4O5Si/c1-33(2,3)42-32(38)36(4)18-19-41-27-22-34-17-16-25(27)31-29(24-12-10-9-11-13-24)30-26(14-15-28(35-30)39-5)37(31)23-40-20-21-43(6,7)8/h9-17,22H,18-21,23H2,1-8H3. The number of carbonyl (C=O) groups excluding carboxylic acids is 1. The number of rotatable bonds is 12. The van der Waals surface area contributed by atoms with E-state index in [1.165, 1.54) is 4.90 Å². The Morgan fingerprint density at radius 2 is 1.77 bits per heavy atom. The average Bonchev–Trinajstić information content (AvgIpc) is 3.27. The van der Waals surface area contributed by atoms with Crippen molar-refractivity contribution in [1.82, 2.24) is 19.4 Å². The van der Waals surface area contributed by atoms with Crippen molar-refractivity contribution in [3.63, 3.8) is 0 Å². The van der Waals surface area contributed by atoms with Crippen molar-refractivity contribution >= 4 is 25.2 Å². The van der Waals surface area contributed by atoms with Crippen molar-refractivity contribution < 1.29 is 23.7 Å². The van der Waals surface area contributed by atoms with Crippen molar-refractivity contribution in [3.8, 4) is 34.0 Å². The summed E-state index contributed by atoms with van der Waals surface area (Å²) in [6, 6.07) is 17.1. The summed E-state index contributed by atoms with van der Waals surface area (Å²) in [6.07, 6.45) is 3.07. The number of ether oxygens (including phenoxy) is 4. The lowest BCUT2D eigenvalue weighted by molar-refractivity contribution is 0.0278. The van der Waals surface area contributed by atoms with Gasteiger partial charge in [0.15, 0.2) is 0 Å². The number of nitrogens with zero attached hydrogens (tertiary/aromatic N) is 4. The topological polar surface area (TPSA) is 87.9 Å². The summed E-state index contributed by atoms with van der Waals surface area (Å²) >= 11 is 0. The molecule has 0 N–H and O–H groups in total. The number of hydrogen-bond donors (Lipinski definition) is 0. The molecule has 3 heterocycles. The molecule has 0 aliphatic carbocycles. The molecular weight excluding hydrogens is 560 g/mol. The van der Waals surface area contributed by atoms with E-state index in [0.717, 1.165) is 39.5 Å². The summed E-state index contributed by atoms with van der Waals surface area (Å²) in [7, 11) is 2.05. The van der Waals surface area contributed by atoms with Crippen LogP contribution in [0.4, 0.5) is 4.79 Å². The monoisotopic (exact) mass is 604 g/mol.